The summed E-state index contributed by atoms with van der Waals surface area (Å²) < 4.78 is 13.5. The van der Waals surface area contributed by atoms with E-state index in [1.807, 2.05) is 24.3 Å². The first-order valence-electron chi connectivity index (χ1n) is 21.8. The van der Waals surface area contributed by atoms with Gasteiger partial charge in [0.05, 0.1) is 30.1 Å². The Bertz CT molecular complexity index is 1850. The molecular weight excluding hydrogens is 823 g/mol. The molecule has 0 spiro atoms. The number of carboxylic acids is 2. The van der Waals surface area contributed by atoms with Crippen molar-refractivity contribution in [3.8, 4) is 0 Å². The molecule has 5 aliphatic rings. The molecule has 62 heavy (non-hydrogen) atoms. The number of carboxylic acid groups (broad SMARTS) is 2. The summed E-state index contributed by atoms with van der Waals surface area (Å²) in [7, 11) is -0.702. The minimum absolute atomic E-state index is 0.102. The highest BCUT2D eigenvalue weighted by Crippen LogP contribution is 2.65. The van der Waals surface area contributed by atoms with Crippen LogP contribution in [0.5, 0.6) is 0 Å². The van der Waals surface area contributed by atoms with Crippen LogP contribution in [0, 0.1) is 29.1 Å². The quantitative estimate of drug-likeness (QED) is 0.0933. The van der Waals surface area contributed by atoms with Gasteiger partial charge in [-0.2, -0.15) is 0 Å². The van der Waals surface area contributed by atoms with E-state index in [0.717, 1.165) is 18.4 Å². The Morgan fingerprint density at radius 2 is 1.52 bits per heavy atom. The van der Waals surface area contributed by atoms with Crippen LogP contribution in [0.2, 0.25) is 5.02 Å². The maximum absolute atomic E-state index is 14.4. The lowest BCUT2D eigenvalue weighted by molar-refractivity contribution is -0.199. The summed E-state index contributed by atoms with van der Waals surface area (Å²) in [4.78, 5) is 92.7. The molecule has 2 heterocycles. The fourth-order valence-electron chi connectivity index (χ4n) is 9.72. The first-order chi connectivity index (χ1) is 29.0. The lowest BCUT2D eigenvalue weighted by atomic mass is 9.43. The first kappa shape index (κ1) is 48.8. The second kappa shape index (κ2) is 20.1. The van der Waals surface area contributed by atoms with Gasteiger partial charge in [0.15, 0.2) is 0 Å². The monoisotopic (exact) mass is 886 g/mol. The summed E-state index contributed by atoms with van der Waals surface area (Å²) in [5, 5.41) is 29.8. The fourth-order valence-corrected chi connectivity index (χ4v) is 9.85. The van der Waals surface area contributed by atoms with Crippen molar-refractivity contribution in [1.82, 2.24) is 26.2 Å². The van der Waals surface area contributed by atoms with Crippen molar-refractivity contribution in [2.75, 3.05) is 6.54 Å². The van der Waals surface area contributed by atoms with Crippen molar-refractivity contribution < 1.29 is 53.1 Å². The van der Waals surface area contributed by atoms with Crippen LogP contribution in [0.15, 0.2) is 24.3 Å². The van der Waals surface area contributed by atoms with Crippen LogP contribution < -0.4 is 27.0 Å². The lowest BCUT2D eigenvalue weighted by Crippen LogP contribution is -2.65. The van der Waals surface area contributed by atoms with E-state index in [0.29, 0.717) is 42.5 Å². The van der Waals surface area contributed by atoms with Crippen LogP contribution >= 0.6 is 11.6 Å². The molecule has 3 saturated carbocycles. The lowest BCUT2D eigenvalue weighted by Gasteiger charge is -2.64. The van der Waals surface area contributed by atoms with E-state index in [-0.39, 0.29) is 30.4 Å². The van der Waals surface area contributed by atoms with Crippen LogP contribution in [0.3, 0.4) is 0 Å². The average molecular weight is 887 g/mol. The van der Waals surface area contributed by atoms with Crippen molar-refractivity contribution >= 4 is 60.2 Å². The molecule has 5 amide bonds. The van der Waals surface area contributed by atoms with Crippen molar-refractivity contribution in [1.29, 1.82) is 0 Å². The minimum atomic E-state index is -1.51. The topological polar surface area (TPSA) is 256 Å². The third-order valence-electron chi connectivity index (χ3n) is 13.6. The zero-order chi connectivity index (χ0) is 45.8. The number of halogens is 1. The molecule has 5 fully saturated rings. The first-order valence-corrected chi connectivity index (χ1v) is 22.2. The molecule has 2 saturated heterocycles. The largest absolute Gasteiger partial charge is 0.481 e. The maximum Gasteiger partial charge on any atom is 0.481 e. The molecule has 0 unspecified atom stereocenters. The molecule has 0 aromatic heterocycles. The van der Waals surface area contributed by atoms with Crippen molar-refractivity contribution in [3.63, 3.8) is 0 Å². The Hall–Kier alpha value is -4.26. The molecular formula is C43H64BClN6O11. The molecule has 3 aliphatic carbocycles. The predicted octanol–water partition coefficient (Wildman–Crippen LogP) is 2.45. The van der Waals surface area contributed by atoms with Crippen LogP contribution in [0.1, 0.15) is 105 Å². The number of aryl methyl sites for hydroxylation is 1. The Kier molecular flexibility index (Phi) is 15.8. The standard InChI is InChI=1S/C43H64BClN6O11/c1-22(2)35(49-38(57)28(15-17-33(52)53)47-37(56)27(46)21-34(54)55)40(59)50-36(23(3)4)41(60)51-18-8-9-29(51)39(58)48-32(16-12-24-10-13-26(45)14-11-24)44-61-31-20-25-19-30(42(25,5)6)43(31,7)62-44/h10-11,13-14,22-23,25,27-32,35-36H,8-9,12,15-21,46H2,1-7H3,(H,47,56)(H,48,58)(H,49,57)(H,50,59)(H,52,53)(H,54,55)/t25-,27-,28-,29-,30-,31-,32-,35-,36-,43+/m0/s1. The number of carbonyl (C=O) groups excluding carboxylic acids is 5. The van der Waals surface area contributed by atoms with Gasteiger partial charge in [0.2, 0.25) is 29.5 Å². The van der Waals surface area contributed by atoms with Crippen LogP contribution in [-0.2, 0) is 49.3 Å². The number of hydrogen-bond acceptors (Lipinski definition) is 10. The van der Waals surface area contributed by atoms with E-state index < -0.39 is 109 Å². The van der Waals surface area contributed by atoms with Gasteiger partial charge < -0.3 is 51.4 Å². The molecule has 8 N–H and O–H groups in total. The average Bonchev–Trinajstić information content (AvgIpc) is 3.83. The van der Waals surface area contributed by atoms with E-state index in [4.69, 9.17) is 31.7 Å². The fraction of sp³-hybridized carbons (Fsp3) is 0.698. The van der Waals surface area contributed by atoms with Gasteiger partial charge in [0, 0.05) is 18.0 Å². The number of aliphatic carboxylic acids is 2. The molecule has 6 rings (SSSR count). The molecule has 342 valence electrons. The highest BCUT2D eigenvalue weighted by molar-refractivity contribution is 6.48. The third-order valence-corrected chi connectivity index (χ3v) is 13.9. The molecule has 0 radical (unpaired) electrons. The van der Waals surface area contributed by atoms with Gasteiger partial charge in [0.1, 0.15) is 24.2 Å². The zero-order valence-electron chi connectivity index (χ0n) is 36.8. The summed E-state index contributed by atoms with van der Waals surface area (Å²) in [5.41, 5.74) is 6.32. The molecule has 17 nitrogen and oxygen atoms in total. The Morgan fingerprint density at radius 1 is 0.871 bits per heavy atom. The van der Waals surface area contributed by atoms with Gasteiger partial charge in [-0.3, -0.25) is 33.6 Å². The number of nitrogens with one attached hydrogen (secondary N) is 4. The van der Waals surface area contributed by atoms with Gasteiger partial charge in [-0.1, -0.05) is 65.3 Å². The SMILES string of the molecule is CC(C)[C@H](NC(=O)[C@H](CCC(=O)O)NC(=O)[C@@H](N)CC(=O)O)C(=O)N[C@H](C(=O)N1CCC[C@H]1C(=O)N[C@@H](CCc1ccc(Cl)cc1)B1O[C@H]2C[C@@H]3C[C@@H](C3(C)C)[C@@]2(C)O1)C(C)C. The highest BCUT2D eigenvalue weighted by atomic mass is 35.5. The number of nitrogens with zero attached hydrogens (tertiary/aromatic N) is 1. The Morgan fingerprint density at radius 3 is 2.11 bits per heavy atom. The van der Waals surface area contributed by atoms with Crippen molar-refractivity contribution in [2.24, 2.45) is 34.8 Å². The van der Waals surface area contributed by atoms with E-state index >= 15 is 0 Å². The van der Waals surface area contributed by atoms with Crippen LogP contribution in [0.4, 0.5) is 0 Å². The van der Waals surface area contributed by atoms with Gasteiger partial charge in [-0.25, -0.2) is 0 Å². The van der Waals surface area contributed by atoms with Crippen molar-refractivity contribution in [3.05, 3.63) is 34.9 Å². The smallest absolute Gasteiger partial charge is 0.481 e. The molecule has 19 heteroatoms. The summed E-state index contributed by atoms with van der Waals surface area (Å²) in [6.07, 6.45) is 2.29. The number of amides is 5. The molecule has 2 bridgehead atoms. The predicted molar refractivity (Wildman–Crippen MR) is 229 cm³/mol. The van der Waals surface area contributed by atoms with E-state index in [1.54, 1.807) is 27.7 Å². The number of likely N-dealkylation sites (tertiary alicyclic amines) is 1. The third kappa shape index (κ3) is 11.1. The molecule has 1 aromatic carbocycles. The van der Waals surface area contributed by atoms with Gasteiger partial charge in [0.25, 0.3) is 0 Å². The van der Waals surface area contributed by atoms with Gasteiger partial charge >= 0.3 is 19.1 Å². The van der Waals surface area contributed by atoms with Crippen LogP contribution in [-0.4, -0.2) is 118 Å². The minimum Gasteiger partial charge on any atom is -0.481 e. The Labute approximate surface area is 368 Å². The second-order valence-corrected chi connectivity index (χ2v) is 19.4. The van der Waals surface area contributed by atoms with E-state index in [9.17, 15) is 38.7 Å². The van der Waals surface area contributed by atoms with E-state index in [1.165, 1.54) is 4.90 Å². The number of hydrogen-bond donors (Lipinski definition) is 7. The molecule has 10 atom stereocenters. The van der Waals surface area contributed by atoms with Gasteiger partial charge in [-0.05, 0) is 98.7 Å². The molecule has 2 aliphatic heterocycles. The Balaban J connectivity index is 1.28. The number of rotatable bonds is 20. The summed E-state index contributed by atoms with van der Waals surface area (Å²) in [6.45, 7) is 13.8. The van der Waals surface area contributed by atoms with E-state index in [2.05, 4.69) is 42.0 Å². The van der Waals surface area contributed by atoms with Gasteiger partial charge in [-0.15, -0.1) is 0 Å². The van der Waals surface area contributed by atoms with Crippen molar-refractivity contribution in [2.45, 2.75) is 154 Å². The number of benzene rings is 1. The normalized spacial score (nSPS) is 26.0. The van der Waals surface area contributed by atoms with Crippen LogP contribution in [0.25, 0.3) is 0 Å². The second-order valence-electron chi connectivity index (χ2n) is 19.0. The summed E-state index contributed by atoms with van der Waals surface area (Å²) in [6, 6.07) is 1.40. The highest BCUT2D eigenvalue weighted by Gasteiger charge is 2.68. The maximum atomic E-state index is 14.4. The number of nitrogens with two attached hydrogens (primary N) is 1. The molecule has 1 aromatic rings. The summed E-state index contributed by atoms with van der Waals surface area (Å²) in [5.74, 6) is -6.66. The zero-order valence-corrected chi connectivity index (χ0v) is 37.5. The summed E-state index contributed by atoms with van der Waals surface area (Å²) >= 11 is 6.15. The number of carbonyl (C=O) groups is 7.